The van der Waals surface area contributed by atoms with Crippen LogP contribution in [0.15, 0.2) is 34.7 Å². The second-order valence-electron chi connectivity index (χ2n) is 7.01. The molecule has 1 atom stereocenters. The number of nitrogens with one attached hydrogen (secondary N) is 1. The van der Waals surface area contributed by atoms with Crippen molar-refractivity contribution in [2.24, 2.45) is 0 Å². The number of carbonyl (C=O) groups excluding carboxylic acids is 2. The number of halogens is 1. The highest BCUT2D eigenvalue weighted by Gasteiger charge is 2.50. The van der Waals surface area contributed by atoms with Crippen molar-refractivity contribution in [3.8, 4) is 11.3 Å². The van der Waals surface area contributed by atoms with Gasteiger partial charge in [-0.3, -0.25) is 9.59 Å². The highest BCUT2D eigenvalue weighted by molar-refractivity contribution is 6.33. The molecule has 0 saturated carbocycles. The number of likely N-dealkylation sites (tertiary alicyclic amines) is 1. The number of hydrogen-bond donors (Lipinski definition) is 1. The average molecular weight is 373 g/mol. The number of furan rings is 1. The molecule has 4 rings (SSSR count). The van der Waals surface area contributed by atoms with Crippen molar-refractivity contribution in [3.05, 3.63) is 46.7 Å². The second kappa shape index (κ2) is 6.47. The largest absolute Gasteiger partial charge is 0.460 e. The van der Waals surface area contributed by atoms with Gasteiger partial charge >= 0.3 is 0 Å². The minimum Gasteiger partial charge on any atom is -0.460 e. The minimum atomic E-state index is -0.705. The van der Waals surface area contributed by atoms with Gasteiger partial charge in [0.2, 0.25) is 5.91 Å². The monoisotopic (exact) mass is 372 g/mol. The lowest BCUT2D eigenvalue weighted by molar-refractivity contribution is -0.133. The van der Waals surface area contributed by atoms with Crippen LogP contribution in [-0.2, 0) is 4.79 Å². The normalized spacial score (nSPS) is 22.7. The van der Waals surface area contributed by atoms with E-state index >= 15 is 0 Å². The fraction of sp³-hybridized carbons (Fsp3) is 0.400. The van der Waals surface area contributed by atoms with Crippen LogP contribution in [0, 0.1) is 6.92 Å². The lowest BCUT2D eigenvalue weighted by Crippen LogP contribution is -2.60. The molecule has 2 fully saturated rings. The third-order valence-electron chi connectivity index (χ3n) is 5.50. The van der Waals surface area contributed by atoms with Crippen LogP contribution in [0.1, 0.15) is 41.8 Å². The summed E-state index contributed by atoms with van der Waals surface area (Å²) in [6, 6.07) is 9.12. The highest BCUT2D eigenvalue weighted by Crippen LogP contribution is 2.38. The first kappa shape index (κ1) is 17.2. The molecular formula is C20H21ClN2O3. The molecule has 2 aliphatic rings. The lowest BCUT2D eigenvalue weighted by Gasteiger charge is -2.40. The fourth-order valence-corrected chi connectivity index (χ4v) is 4.39. The zero-order valence-corrected chi connectivity index (χ0v) is 15.4. The predicted octanol–water partition coefficient (Wildman–Crippen LogP) is 3.79. The van der Waals surface area contributed by atoms with E-state index in [0.717, 1.165) is 31.2 Å². The van der Waals surface area contributed by atoms with Crippen molar-refractivity contribution in [2.75, 3.05) is 13.1 Å². The van der Waals surface area contributed by atoms with Crippen LogP contribution in [0.4, 0.5) is 0 Å². The molecule has 2 aromatic rings. The summed E-state index contributed by atoms with van der Waals surface area (Å²) in [5.74, 6) is 0.946. The van der Waals surface area contributed by atoms with Crippen LogP contribution in [-0.4, -0.2) is 35.3 Å². The zero-order valence-electron chi connectivity index (χ0n) is 14.7. The summed E-state index contributed by atoms with van der Waals surface area (Å²) in [7, 11) is 0. The van der Waals surface area contributed by atoms with Crippen LogP contribution >= 0.6 is 11.6 Å². The van der Waals surface area contributed by atoms with Crippen molar-refractivity contribution >= 4 is 23.4 Å². The summed E-state index contributed by atoms with van der Waals surface area (Å²) < 4.78 is 5.83. The molecule has 2 saturated heterocycles. The van der Waals surface area contributed by atoms with Gasteiger partial charge in [-0.05, 0) is 50.8 Å². The number of carbonyl (C=O) groups is 2. The number of nitrogens with zero attached hydrogens (tertiary/aromatic N) is 1. The Balaban J connectivity index is 1.69. The Bertz CT molecular complexity index is 876. The molecule has 26 heavy (non-hydrogen) atoms. The molecule has 1 aromatic carbocycles. The molecule has 0 radical (unpaired) electrons. The standard InChI is InChI=1S/C20H21ClN2O3/c1-13-15(12-17(26-13)14-6-2-3-7-16(14)21)18(24)23-11-5-9-20(23)8-4-10-22-19(20)25/h2-3,6-7,12H,4-5,8-11H2,1H3,(H,22,25). The summed E-state index contributed by atoms with van der Waals surface area (Å²) in [6.45, 7) is 3.06. The molecule has 6 heteroatoms. The Kier molecular flexibility index (Phi) is 4.27. The summed E-state index contributed by atoms with van der Waals surface area (Å²) in [4.78, 5) is 27.6. The maximum absolute atomic E-state index is 13.3. The minimum absolute atomic E-state index is 0.0259. The Hall–Kier alpha value is -2.27. The number of hydrogen-bond acceptors (Lipinski definition) is 3. The van der Waals surface area contributed by atoms with Crippen LogP contribution in [0.2, 0.25) is 5.02 Å². The summed E-state index contributed by atoms with van der Waals surface area (Å²) in [6.07, 6.45) is 3.18. The van der Waals surface area contributed by atoms with Crippen LogP contribution in [0.3, 0.4) is 0 Å². The molecule has 1 N–H and O–H groups in total. The van der Waals surface area contributed by atoms with E-state index < -0.39 is 5.54 Å². The Morgan fingerprint density at radius 3 is 2.81 bits per heavy atom. The summed E-state index contributed by atoms with van der Waals surface area (Å²) in [5, 5.41) is 3.50. The van der Waals surface area contributed by atoms with E-state index in [2.05, 4.69) is 5.32 Å². The first-order valence-electron chi connectivity index (χ1n) is 8.98. The average Bonchev–Trinajstić information content (AvgIpc) is 3.22. The highest BCUT2D eigenvalue weighted by atomic mass is 35.5. The summed E-state index contributed by atoms with van der Waals surface area (Å²) >= 11 is 6.25. The van der Waals surface area contributed by atoms with Crippen LogP contribution in [0.5, 0.6) is 0 Å². The lowest BCUT2D eigenvalue weighted by atomic mass is 9.86. The van der Waals surface area contributed by atoms with Crippen LogP contribution < -0.4 is 5.32 Å². The van der Waals surface area contributed by atoms with Crippen molar-refractivity contribution in [1.82, 2.24) is 10.2 Å². The summed E-state index contributed by atoms with van der Waals surface area (Å²) in [5.41, 5.74) is 0.547. The van der Waals surface area contributed by atoms with Crippen molar-refractivity contribution < 1.29 is 14.0 Å². The van der Waals surface area contributed by atoms with Gasteiger partial charge in [0.1, 0.15) is 17.1 Å². The molecule has 136 valence electrons. The number of rotatable bonds is 2. The van der Waals surface area contributed by atoms with Gasteiger partial charge in [0.15, 0.2) is 0 Å². The van der Waals surface area contributed by atoms with E-state index in [4.69, 9.17) is 16.0 Å². The molecular weight excluding hydrogens is 352 g/mol. The van der Waals surface area contributed by atoms with E-state index in [0.29, 0.717) is 35.2 Å². The van der Waals surface area contributed by atoms with Gasteiger partial charge in [-0.25, -0.2) is 0 Å². The Morgan fingerprint density at radius 1 is 1.27 bits per heavy atom. The smallest absolute Gasteiger partial charge is 0.258 e. The Morgan fingerprint density at radius 2 is 2.04 bits per heavy atom. The van der Waals surface area contributed by atoms with E-state index in [-0.39, 0.29) is 11.8 Å². The second-order valence-corrected chi connectivity index (χ2v) is 7.42. The SMILES string of the molecule is Cc1oc(-c2ccccc2Cl)cc1C(=O)N1CCCC12CCCNC2=O. The first-order valence-corrected chi connectivity index (χ1v) is 9.36. The van der Waals surface area contributed by atoms with E-state index in [1.54, 1.807) is 24.0 Å². The van der Waals surface area contributed by atoms with Gasteiger partial charge in [0.25, 0.3) is 5.91 Å². The molecule has 3 heterocycles. The number of piperidine rings is 1. The molecule has 2 aliphatic heterocycles. The van der Waals surface area contributed by atoms with Crippen molar-refractivity contribution in [2.45, 2.75) is 38.1 Å². The number of amides is 2. The maximum atomic E-state index is 13.3. The molecule has 0 aliphatic carbocycles. The number of benzene rings is 1. The maximum Gasteiger partial charge on any atom is 0.258 e. The first-order chi connectivity index (χ1) is 12.5. The van der Waals surface area contributed by atoms with E-state index in [9.17, 15) is 9.59 Å². The van der Waals surface area contributed by atoms with Gasteiger partial charge in [-0.15, -0.1) is 0 Å². The molecule has 1 spiro atoms. The third-order valence-corrected chi connectivity index (χ3v) is 5.83. The zero-order chi connectivity index (χ0) is 18.3. The van der Waals surface area contributed by atoms with Gasteiger partial charge < -0.3 is 14.6 Å². The van der Waals surface area contributed by atoms with E-state index in [1.807, 2.05) is 18.2 Å². The predicted molar refractivity (Wildman–Crippen MR) is 99.1 cm³/mol. The Labute approximate surface area is 157 Å². The van der Waals surface area contributed by atoms with Gasteiger partial charge in [-0.1, -0.05) is 23.7 Å². The molecule has 1 aromatic heterocycles. The van der Waals surface area contributed by atoms with Gasteiger partial charge in [0, 0.05) is 18.7 Å². The van der Waals surface area contributed by atoms with Gasteiger partial charge in [0.05, 0.1) is 10.6 Å². The van der Waals surface area contributed by atoms with E-state index in [1.165, 1.54) is 0 Å². The topological polar surface area (TPSA) is 62.6 Å². The van der Waals surface area contributed by atoms with Crippen LogP contribution in [0.25, 0.3) is 11.3 Å². The molecule has 2 amide bonds. The molecule has 1 unspecified atom stereocenters. The quantitative estimate of drug-likeness (QED) is 0.872. The van der Waals surface area contributed by atoms with Crippen molar-refractivity contribution in [3.63, 3.8) is 0 Å². The van der Waals surface area contributed by atoms with Gasteiger partial charge in [-0.2, -0.15) is 0 Å². The van der Waals surface area contributed by atoms with Crippen molar-refractivity contribution in [1.29, 1.82) is 0 Å². The third kappa shape index (κ3) is 2.62. The molecule has 0 bridgehead atoms. The number of aryl methyl sites for hydroxylation is 1. The molecule has 5 nitrogen and oxygen atoms in total. The fourth-order valence-electron chi connectivity index (χ4n) is 4.16.